The zero-order chi connectivity index (χ0) is 23.4. The molecule has 2 aromatic rings. The Bertz CT molecular complexity index is 1120. The van der Waals surface area contributed by atoms with Crippen molar-refractivity contribution in [2.24, 2.45) is 0 Å². The van der Waals surface area contributed by atoms with Crippen molar-refractivity contribution in [2.75, 3.05) is 25.1 Å². The lowest BCUT2D eigenvalue weighted by atomic mass is 10.1. The molecule has 0 bridgehead atoms. The predicted molar refractivity (Wildman–Crippen MR) is 117 cm³/mol. The number of carbonyl (C=O) groups excluding carboxylic acids is 1. The number of amides is 1. The van der Waals surface area contributed by atoms with Crippen molar-refractivity contribution < 1.29 is 23.0 Å². The molecule has 1 aliphatic carbocycles. The maximum absolute atomic E-state index is 15.8. The van der Waals surface area contributed by atoms with E-state index in [2.05, 4.69) is 5.32 Å². The van der Waals surface area contributed by atoms with Gasteiger partial charge in [0.25, 0.3) is 0 Å². The van der Waals surface area contributed by atoms with Crippen LogP contribution in [0.5, 0.6) is 0 Å². The van der Waals surface area contributed by atoms with Gasteiger partial charge in [-0.05, 0) is 46.6 Å². The first kappa shape index (κ1) is 22.5. The van der Waals surface area contributed by atoms with E-state index < -0.39 is 35.5 Å². The highest BCUT2D eigenvalue weighted by atomic mass is 19.1. The lowest BCUT2D eigenvalue weighted by molar-refractivity contribution is 0.0417. The van der Waals surface area contributed by atoms with Gasteiger partial charge in [0.1, 0.15) is 17.1 Å². The van der Waals surface area contributed by atoms with E-state index in [0.717, 1.165) is 18.9 Å². The predicted octanol–water partition coefficient (Wildman–Crippen LogP) is 3.65. The summed E-state index contributed by atoms with van der Waals surface area (Å²) >= 11 is 0. The number of benzene rings is 1. The third kappa shape index (κ3) is 4.18. The van der Waals surface area contributed by atoms with Gasteiger partial charge in [0.15, 0.2) is 11.2 Å². The number of anilines is 1. The number of hydrogen-bond acceptors (Lipinski definition) is 5. The number of nitrogens with one attached hydrogen (secondary N) is 1. The van der Waals surface area contributed by atoms with Crippen molar-refractivity contribution in [2.45, 2.75) is 64.3 Å². The van der Waals surface area contributed by atoms with Crippen LogP contribution in [0.1, 0.15) is 45.2 Å². The second-order valence-electron chi connectivity index (χ2n) is 9.63. The smallest absolute Gasteiger partial charge is 0.408 e. The lowest BCUT2D eigenvalue weighted by Gasteiger charge is -2.24. The van der Waals surface area contributed by atoms with E-state index in [4.69, 9.17) is 9.47 Å². The van der Waals surface area contributed by atoms with E-state index in [0.29, 0.717) is 5.56 Å². The van der Waals surface area contributed by atoms with Crippen LogP contribution in [0.2, 0.25) is 0 Å². The van der Waals surface area contributed by atoms with Crippen LogP contribution in [0.3, 0.4) is 0 Å². The summed E-state index contributed by atoms with van der Waals surface area (Å²) in [5.41, 5.74) is -0.686. The van der Waals surface area contributed by atoms with Crippen LogP contribution in [0.4, 0.5) is 19.3 Å². The third-order valence-corrected chi connectivity index (χ3v) is 5.89. The summed E-state index contributed by atoms with van der Waals surface area (Å²) in [7, 11) is 1.48. The molecule has 32 heavy (non-hydrogen) atoms. The number of rotatable bonds is 4. The molecular weight excluding hydrogens is 420 g/mol. The number of fused-ring (bicyclic) bond motifs is 1. The third-order valence-electron chi connectivity index (χ3n) is 5.89. The summed E-state index contributed by atoms with van der Waals surface area (Å²) in [6.45, 7) is 7.22. The Morgan fingerprint density at radius 2 is 1.91 bits per heavy atom. The average Bonchev–Trinajstić information content (AvgIpc) is 3.45. The molecule has 9 heteroatoms. The van der Waals surface area contributed by atoms with Crippen molar-refractivity contribution in [1.82, 2.24) is 9.88 Å². The quantitative estimate of drug-likeness (QED) is 0.772. The standard InChI is InChI=1S/C23H29F2N3O4/c1-12-9-28(13-6-7-13)19-14(21(12)29)8-15(24)20(18(19)25)27-10-16(17(11-27)31-5)26-22(30)32-23(2,3)4/h8-9,13,16-17H,6-7,10-11H2,1-5H3,(H,26,30)/t16-,17-/m0/s1. The number of aryl methyl sites for hydroxylation is 1. The Balaban J connectivity index is 1.70. The number of hydrogen-bond donors (Lipinski definition) is 1. The molecule has 1 amide bonds. The molecule has 4 rings (SSSR count). The number of alkyl carbamates (subject to hydrolysis) is 1. The number of pyridine rings is 1. The van der Waals surface area contributed by atoms with Crippen molar-refractivity contribution in [3.63, 3.8) is 0 Å². The number of halogens is 2. The summed E-state index contributed by atoms with van der Waals surface area (Å²) < 4.78 is 43.5. The van der Waals surface area contributed by atoms with Gasteiger partial charge in [0, 0.05) is 38.0 Å². The maximum Gasteiger partial charge on any atom is 0.408 e. The molecular formula is C23H29F2N3O4. The topological polar surface area (TPSA) is 72.8 Å². The molecule has 2 fully saturated rings. The van der Waals surface area contributed by atoms with Gasteiger partial charge in [-0.1, -0.05) is 0 Å². The molecule has 0 unspecified atom stereocenters. The molecule has 1 aromatic carbocycles. The summed E-state index contributed by atoms with van der Waals surface area (Å²) in [6.07, 6.45) is 2.33. The van der Waals surface area contributed by atoms with E-state index in [-0.39, 0.29) is 41.2 Å². The first-order chi connectivity index (χ1) is 15.0. The van der Waals surface area contributed by atoms with Gasteiger partial charge < -0.3 is 24.3 Å². The first-order valence-corrected chi connectivity index (χ1v) is 10.8. The molecule has 2 atom stereocenters. The minimum Gasteiger partial charge on any atom is -0.444 e. The fraction of sp³-hybridized carbons (Fsp3) is 0.565. The Labute approximate surface area is 185 Å². The van der Waals surface area contributed by atoms with Crippen molar-refractivity contribution in [3.8, 4) is 0 Å². The van der Waals surface area contributed by atoms with Gasteiger partial charge in [0.2, 0.25) is 0 Å². The number of carbonyl (C=O) groups is 1. The summed E-state index contributed by atoms with van der Waals surface area (Å²) in [4.78, 5) is 26.4. The Hall–Kier alpha value is -2.68. The van der Waals surface area contributed by atoms with E-state index in [9.17, 15) is 9.59 Å². The number of ether oxygens (including phenoxy) is 2. The van der Waals surface area contributed by atoms with Crippen molar-refractivity contribution in [3.05, 3.63) is 39.7 Å². The second kappa shape index (κ2) is 8.03. The van der Waals surface area contributed by atoms with Gasteiger partial charge in [-0.25, -0.2) is 13.6 Å². The van der Waals surface area contributed by atoms with Crippen LogP contribution in [0, 0.1) is 18.6 Å². The molecule has 1 N–H and O–H groups in total. The summed E-state index contributed by atoms with van der Waals surface area (Å²) in [6, 6.07) is 0.711. The zero-order valence-electron chi connectivity index (χ0n) is 19.0. The monoisotopic (exact) mass is 449 g/mol. The molecule has 0 spiro atoms. The minimum atomic E-state index is -0.812. The number of nitrogens with zero attached hydrogens (tertiary/aromatic N) is 2. The Kier molecular flexibility index (Phi) is 5.65. The van der Waals surface area contributed by atoms with Gasteiger partial charge in [-0.2, -0.15) is 0 Å². The number of methoxy groups -OCH3 is 1. The molecule has 1 saturated carbocycles. The average molecular weight is 449 g/mol. The molecule has 7 nitrogen and oxygen atoms in total. The van der Waals surface area contributed by atoms with Crippen LogP contribution in [-0.2, 0) is 9.47 Å². The van der Waals surface area contributed by atoms with Crippen LogP contribution >= 0.6 is 0 Å². The summed E-state index contributed by atoms with van der Waals surface area (Å²) in [5.74, 6) is -1.58. The molecule has 1 aliphatic heterocycles. The lowest BCUT2D eigenvalue weighted by Crippen LogP contribution is -2.45. The Morgan fingerprint density at radius 1 is 1.22 bits per heavy atom. The molecule has 1 saturated heterocycles. The van der Waals surface area contributed by atoms with Gasteiger partial charge in [-0.3, -0.25) is 4.79 Å². The number of aromatic nitrogens is 1. The largest absolute Gasteiger partial charge is 0.444 e. The Morgan fingerprint density at radius 3 is 2.50 bits per heavy atom. The SMILES string of the molecule is CO[C@H]1CN(c2c(F)cc3c(=O)c(C)cn(C4CC4)c3c2F)C[C@@H]1NC(=O)OC(C)(C)C. The van der Waals surface area contributed by atoms with Crippen molar-refractivity contribution in [1.29, 1.82) is 0 Å². The van der Waals surface area contributed by atoms with Crippen LogP contribution in [0.25, 0.3) is 10.9 Å². The van der Waals surface area contributed by atoms with Gasteiger partial charge in [-0.15, -0.1) is 0 Å². The van der Waals surface area contributed by atoms with Crippen molar-refractivity contribution >= 4 is 22.7 Å². The molecule has 2 heterocycles. The molecule has 2 aliphatic rings. The van der Waals surface area contributed by atoms with Crippen LogP contribution < -0.4 is 15.6 Å². The first-order valence-electron chi connectivity index (χ1n) is 10.8. The van der Waals surface area contributed by atoms with E-state index in [1.165, 1.54) is 12.0 Å². The zero-order valence-corrected chi connectivity index (χ0v) is 19.0. The fourth-order valence-corrected chi connectivity index (χ4v) is 4.29. The molecule has 0 radical (unpaired) electrons. The van der Waals surface area contributed by atoms with Crippen LogP contribution in [-0.4, -0.2) is 48.6 Å². The highest BCUT2D eigenvalue weighted by Gasteiger charge is 2.38. The molecule has 174 valence electrons. The highest BCUT2D eigenvalue weighted by molar-refractivity contribution is 5.85. The normalized spacial score (nSPS) is 21.3. The van der Waals surface area contributed by atoms with Gasteiger partial charge in [0.05, 0.1) is 23.0 Å². The highest BCUT2D eigenvalue weighted by Crippen LogP contribution is 2.40. The van der Waals surface area contributed by atoms with E-state index in [1.807, 2.05) is 0 Å². The fourth-order valence-electron chi connectivity index (χ4n) is 4.29. The minimum absolute atomic E-state index is 0.0431. The van der Waals surface area contributed by atoms with Gasteiger partial charge >= 0.3 is 6.09 Å². The maximum atomic E-state index is 15.8. The van der Waals surface area contributed by atoms with E-state index in [1.54, 1.807) is 38.5 Å². The summed E-state index contributed by atoms with van der Waals surface area (Å²) in [5, 5.41) is 2.78. The van der Waals surface area contributed by atoms with Crippen LogP contribution in [0.15, 0.2) is 17.1 Å². The second-order valence-corrected chi connectivity index (χ2v) is 9.63. The van der Waals surface area contributed by atoms with E-state index >= 15 is 8.78 Å². The molecule has 1 aromatic heterocycles.